The molecule has 15 heavy (non-hydrogen) atoms. The molecule has 2 aliphatic rings. The summed E-state index contributed by atoms with van der Waals surface area (Å²) >= 11 is 0. The van der Waals surface area contributed by atoms with E-state index in [1.54, 1.807) is 0 Å². The molecule has 80 valence electrons. The molecule has 2 fully saturated rings. The number of aromatic nitrogens is 2. The van der Waals surface area contributed by atoms with E-state index in [9.17, 15) is 0 Å². The van der Waals surface area contributed by atoms with Crippen LogP contribution in [0.1, 0.15) is 25.7 Å². The minimum Gasteiger partial charge on any atom is -0.335 e. The highest BCUT2D eigenvalue weighted by Crippen LogP contribution is 2.36. The van der Waals surface area contributed by atoms with Crippen LogP contribution >= 0.6 is 0 Å². The molecule has 3 heterocycles. The SMILES string of the molecule is NC1C[C@H]2CC[C@@H](C1)N2c1ncccn1. The van der Waals surface area contributed by atoms with Gasteiger partial charge in [0.2, 0.25) is 5.95 Å². The summed E-state index contributed by atoms with van der Waals surface area (Å²) in [4.78, 5) is 11.1. The van der Waals surface area contributed by atoms with E-state index in [4.69, 9.17) is 5.73 Å². The first kappa shape index (κ1) is 9.09. The number of anilines is 1. The number of hydrogen-bond donors (Lipinski definition) is 1. The fourth-order valence-corrected chi connectivity index (χ4v) is 2.97. The predicted octanol–water partition coefficient (Wildman–Crippen LogP) is 0.935. The largest absolute Gasteiger partial charge is 0.335 e. The zero-order valence-corrected chi connectivity index (χ0v) is 8.71. The average Bonchev–Trinajstić information content (AvgIpc) is 2.53. The van der Waals surface area contributed by atoms with Crippen molar-refractivity contribution >= 4 is 5.95 Å². The molecule has 0 aliphatic carbocycles. The Morgan fingerprint density at radius 3 is 2.33 bits per heavy atom. The maximum Gasteiger partial charge on any atom is 0.225 e. The van der Waals surface area contributed by atoms with Crippen LogP contribution in [0.3, 0.4) is 0 Å². The van der Waals surface area contributed by atoms with Gasteiger partial charge in [0.1, 0.15) is 0 Å². The molecular formula is C11H16N4. The molecular weight excluding hydrogens is 188 g/mol. The van der Waals surface area contributed by atoms with E-state index in [1.165, 1.54) is 12.8 Å². The van der Waals surface area contributed by atoms with Crippen LogP contribution in [0.25, 0.3) is 0 Å². The minimum absolute atomic E-state index is 0.377. The summed E-state index contributed by atoms with van der Waals surface area (Å²) in [6.45, 7) is 0. The Labute approximate surface area is 89.5 Å². The molecule has 2 N–H and O–H groups in total. The number of nitrogens with zero attached hydrogens (tertiary/aromatic N) is 3. The van der Waals surface area contributed by atoms with E-state index in [-0.39, 0.29) is 0 Å². The third-order valence-corrected chi connectivity index (χ3v) is 3.55. The van der Waals surface area contributed by atoms with Crippen molar-refractivity contribution in [2.24, 2.45) is 5.73 Å². The van der Waals surface area contributed by atoms with Crippen molar-refractivity contribution in [3.05, 3.63) is 18.5 Å². The maximum atomic E-state index is 6.03. The fraction of sp³-hybridized carbons (Fsp3) is 0.636. The van der Waals surface area contributed by atoms with Gasteiger partial charge in [-0.3, -0.25) is 0 Å². The van der Waals surface area contributed by atoms with Gasteiger partial charge in [0.05, 0.1) is 0 Å². The van der Waals surface area contributed by atoms with Crippen LogP contribution < -0.4 is 10.6 Å². The predicted molar refractivity (Wildman–Crippen MR) is 58.5 cm³/mol. The van der Waals surface area contributed by atoms with Gasteiger partial charge in [0.25, 0.3) is 0 Å². The molecule has 2 saturated heterocycles. The minimum atomic E-state index is 0.377. The summed E-state index contributed by atoms with van der Waals surface area (Å²) in [5.74, 6) is 0.886. The van der Waals surface area contributed by atoms with E-state index in [1.807, 2.05) is 18.5 Å². The lowest BCUT2D eigenvalue weighted by Gasteiger charge is -2.37. The van der Waals surface area contributed by atoms with E-state index in [0.717, 1.165) is 18.8 Å². The van der Waals surface area contributed by atoms with E-state index < -0.39 is 0 Å². The quantitative estimate of drug-likeness (QED) is 0.739. The first-order chi connectivity index (χ1) is 7.34. The highest BCUT2D eigenvalue weighted by molar-refractivity contribution is 5.36. The Morgan fingerprint density at radius 1 is 1.13 bits per heavy atom. The van der Waals surface area contributed by atoms with Gasteiger partial charge in [-0.15, -0.1) is 0 Å². The Kier molecular flexibility index (Phi) is 2.09. The normalized spacial score (nSPS) is 34.5. The van der Waals surface area contributed by atoms with Crippen molar-refractivity contribution < 1.29 is 0 Å². The van der Waals surface area contributed by atoms with Crippen LogP contribution in [-0.4, -0.2) is 28.1 Å². The first-order valence-corrected chi connectivity index (χ1v) is 5.65. The van der Waals surface area contributed by atoms with Crippen molar-refractivity contribution in [2.45, 2.75) is 43.8 Å². The molecule has 0 aromatic carbocycles. The van der Waals surface area contributed by atoms with Gasteiger partial charge >= 0.3 is 0 Å². The molecule has 0 radical (unpaired) electrons. The summed E-state index contributed by atoms with van der Waals surface area (Å²) in [7, 11) is 0. The van der Waals surface area contributed by atoms with Crippen molar-refractivity contribution in [1.82, 2.24) is 9.97 Å². The van der Waals surface area contributed by atoms with Crippen LogP contribution in [0, 0.1) is 0 Å². The van der Waals surface area contributed by atoms with Crippen molar-refractivity contribution in [3.8, 4) is 0 Å². The summed E-state index contributed by atoms with van der Waals surface area (Å²) in [6.07, 6.45) is 8.31. The van der Waals surface area contributed by atoms with Gasteiger partial charge in [-0.05, 0) is 31.7 Å². The highest BCUT2D eigenvalue weighted by atomic mass is 15.3. The second-order valence-electron chi connectivity index (χ2n) is 4.57. The summed E-state index contributed by atoms with van der Waals surface area (Å²) in [5, 5.41) is 0. The topological polar surface area (TPSA) is 55.0 Å². The zero-order valence-electron chi connectivity index (χ0n) is 8.71. The molecule has 1 aromatic heterocycles. The second-order valence-corrected chi connectivity index (χ2v) is 4.57. The second kappa shape index (κ2) is 3.45. The zero-order chi connectivity index (χ0) is 10.3. The molecule has 1 aromatic rings. The van der Waals surface area contributed by atoms with Crippen LogP contribution in [0.15, 0.2) is 18.5 Å². The highest BCUT2D eigenvalue weighted by Gasteiger charge is 2.40. The molecule has 0 spiro atoms. The lowest BCUT2D eigenvalue weighted by molar-refractivity contribution is 0.409. The maximum absolute atomic E-state index is 6.03. The average molecular weight is 204 g/mol. The smallest absolute Gasteiger partial charge is 0.225 e. The monoisotopic (exact) mass is 204 g/mol. The number of hydrogen-bond acceptors (Lipinski definition) is 4. The van der Waals surface area contributed by atoms with Gasteiger partial charge in [-0.1, -0.05) is 0 Å². The number of nitrogens with two attached hydrogens (primary N) is 1. The summed E-state index contributed by atoms with van der Waals surface area (Å²) in [5.41, 5.74) is 6.03. The molecule has 2 bridgehead atoms. The third kappa shape index (κ3) is 1.49. The Balaban J connectivity index is 1.89. The third-order valence-electron chi connectivity index (χ3n) is 3.55. The number of fused-ring (bicyclic) bond motifs is 2. The van der Waals surface area contributed by atoms with E-state index in [2.05, 4.69) is 14.9 Å². The molecule has 4 nitrogen and oxygen atoms in total. The Morgan fingerprint density at radius 2 is 1.73 bits per heavy atom. The van der Waals surface area contributed by atoms with Gasteiger partial charge in [0, 0.05) is 30.5 Å². The molecule has 3 atom stereocenters. The summed E-state index contributed by atoms with van der Waals surface area (Å²) < 4.78 is 0. The number of rotatable bonds is 1. The Hall–Kier alpha value is -1.16. The van der Waals surface area contributed by atoms with Crippen molar-refractivity contribution in [3.63, 3.8) is 0 Å². The van der Waals surface area contributed by atoms with Gasteiger partial charge in [-0.25, -0.2) is 9.97 Å². The molecule has 4 heteroatoms. The lowest BCUT2D eigenvalue weighted by atomic mass is 9.99. The van der Waals surface area contributed by atoms with Crippen LogP contribution in [0.4, 0.5) is 5.95 Å². The van der Waals surface area contributed by atoms with Crippen LogP contribution in [-0.2, 0) is 0 Å². The van der Waals surface area contributed by atoms with Crippen molar-refractivity contribution in [2.75, 3.05) is 4.90 Å². The summed E-state index contributed by atoms with van der Waals surface area (Å²) in [6, 6.07) is 3.38. The molecule has 3 rings (SSSR count). The van der Waals surface area contributed by atoms with Crippen molar-refractivity contribution in [1.29, 1.82) is 0 Å². The number of piperidine rings is 1. The molecule has 0 saturated carbocycles. The van der Waals surface area contributed by atoms with Gasteiger partial charge in [0.15, 0.2) is 0 Å². The lowest BCUT2D eigenvalue weighted by Crippen LogP contribution is -2.48. The van der Waals surface area contributed by atoms with E-state index >= 15 is 0 Å². The fourth-order valence-electron chi connectivity index (χ4n) is 2.97. The van der Waals surface area contributed by atoms with Crippen LogP contribution in [0.2, 0.25) is 0 Å². The van der Waals surface area contributed by atoms with Gasteiger partial charge < -0.3 is 10.6 Å². The standard InChI is InChI=1S/C11H16N4/c12-8-6-9-2-3-10(7-8)15(9)11-13-4-1-5-14-11/h1,4-5,8-10H,2-3,6-7,12H2/t8?,9-,10+. The van der Waals surface area contributed by atoms with Crippen LogP contribution in [0.5, 0.6) is 0 Å². The molecule has 1 unspecified atom stereocenters. The first-order valence-electron chi connectivity index (χ1n) is 5.65. The molecule has 2 aliphatic heterocycles. The molecule has 0 amide bonds. The Bertz CT molecular complexity index is 326. The van der Waals surface area contributed by atoms with Gasteiger partial charge in [-0.2, -0.15) is 0 Å². The van der Waals surface area contributed by atoms with E-state index in [0.29, 0.717) is 18.1 Å².